The molecular weight excluding hydrogens is 708 g/mol. The van der Waals surface area contributed by atoms with E-state index in [1.165, 1.54) is 193 Å². The Morgan fingerprint density at radius 3 is 0.893 bits per heavy atom. The van der Waals surface area contributed by atoms with Crippen molar-refractivity contribution in [2.24, 2.45) is 0 Å². The quantitative estimate of drug-likeness (QED) is 0.0532. The molecule has 0 saturated heterocycles. The Hall–Kier alpha value is -0.670. The van der Waals surface area contributed by atoms with Crippen LogP contribution >= 0.6 is 8.60 Å². The molecule has 56 heavy (non-hydrogen) atoms. The summed E-state index contributed by atoms with van der Waals surface area (Å²) in [5.41, 5.74) is 2.67. The van der Waals surface area contributed by atoms with Gasteiger partial charge in [0.05, 0.1) is 19.8 Å². The summed E-state index contributed by atoms with van der Waals surface area (Å²) in [6.07, 6.45) is 43.8. The highest BCUT2D eigenvalue weighted by atomic mass is 31.2. The standard InChI is InChI=1S/C51H97O4P/c1-9-11-13-15-17-19-21-23-25-27-29-31-33-35-37-39-41-53-56(55-45-46-43-47(50(3,4)5)49(52)48(44-46)51(6,7)8)54-42-40-38-36-34-32-30-28-26-24-22-20-18-16-14-12-10-2/h43-44,52H,9-42,45H2,1-8H3. The molecule has 0 amide bonds. The lowest BCUT2D eigenvalue weighted by Gasteiger charge is -2.28. The summed E-state index contributed by atoms with van der Waals surface area (Å²) in [5, 5.41) is 11.2. The first-order valence-electron chi connectivity index (χ1n) is 24.6. The first-order valence-corrected chi connectivity index (χ1v) is 25.7. The maximum Gasteiger partial charge on any atom is 0.332 e. The molecule has 0 aliphatic rings. The molecule has 1 rings (SSSR count). The lowest BCUT2D eigenvalue weighted by molar-refractivity contribution is 0.150. The molecule has 0 aliphatic carbocycles. The first kappa shape index (κ1) is 53.3. The minimum atomic E-state index is -1.42. The minimum Gasteiger partial charge on any atom is -0.507 e. The lowest BCUT2D eigenvalue weighted by Crippen LogP contribution is -2.18. The summed E-state index contributed by atoms with van der Waals surface area (Å²) >= 11 is 0. The van der Waals surface area contributed by atoms with Crippen molar-refractivity contribution in [1.82, 2.24) is 0 Å². The molecule has 1 aromatic carbocycles. The van der Waals surface area contributed by atoms with Crippen LogP contribution < -0.4 is 0 Å². The van der Waals surface area contributed by atoms with Gasteiger partial charge in [0.25, 0.3) is 0 Å². The van der Waals surface area contributed by atoms with Crippen molar-refractivity contribution >= 4 is 8.60 Å². The van der Waals surface area contributed by atoms with Gasteiger partial charge in [0.15, 0.2) is 0 Å². The molecule has 5 heteroatoms. The monoisotopic (exact) mass is 805 g/mol. The van der Waals surface area contributed by atoms with Crippen LogP contribution in [0.4, 0.5) is 0 Å². The average molecular weight is 805 g/mol. The Labute approximate surface area is 352 Å². The zero-order chi connectivity index (χ0) is 41.2. The van der Waals surface area contributed by atoms with Crippen LogP contribution in [0.2, 0.25) is 0 Å². The highest BCUT2D eigenvalue weighted by Gasteiger charge is 2.27. The molecule has 1 N–H and O–H groups in total. The number of unbranched alkanes of at least 4 members (excludes halogenated alkanes) is 30. The second kappa shape index (κ2) is 35.1. The summed E-state index contributed by atoms with van der Waals surface area (Å²) in [4.78, 5) is 0. The van der Waals surface area contributed by atoms with Gasteiger partial charge in [-0.15, -0.1) is 0 Å². The normalized spacial score (nSPS) is 12.4. The zero-order valence-electron chi connectivity index (χ0n) is 39.0. The van der Waals surface area contributed by atoms with Gasteiger partial charge in [-0.05, 0) is 52.5 Å². The molecule has 0 radical (unpaired) electrons. The maximum absolute atomic E-state index is 11.2. The first-order chi connectivity index (χ1) is 27.0. The van der Waals surface area contributed by atoms with Crippen LogP contribution in [-0.4, -0.2) is 18.3 Å². The summed E-state index contributed by atoms with van der Waals surface area (Å²) in [7, 11) is -1.42. The summed E-state index contributed by atoms with van der Waals surface area (Å²) in [5.74, 6) is 0.413. The van der Waals surface area contributed by atoms with Crippen molar-refractivity contribution in [3.05, 3.63) is 28.8 Å². The molecule has 1 aromatic rings. The molecule has 330 valence electrons. The van der Waals surface area contributed by atoms with Crippen molar-refractivity contribution in [3.63, 3.8) is 0 Å². The van der Waals surface area contributed by atoms with E-state index in [9.17, 15) is 5.11 Å². The number of benzene rings is 1. The third-order valence-corrected chi connectivity index (χ3v) is 12.6. The number of rotatable bonds is 39. The summed E-state index contributed by atoms with van der Waals surface area (Å²) in [6.45, 7) is 19.4. The van der Waals surface area contributed by atoms with E-state index < -0.39 is 8.60 Å². The Kier molecular flexibility index (Phi) is 33.5. The van der Waals surface area contributed by atoms with Gasteiger partial charge in [-0.25, -0.2) is 0 Å². The minimum absolute atomic E-state index is 0.168. The fourth-order valence-electron chi connectivity index (χ4n) is 7.74. The Morgan fingerprint density at radius 2 is 0.643 bits per heavy atom. The molecule has 0 atom stereocenters. The Balaban J connectivity index is 2.39. The van der Waals surface area contributed by atoms with Crippen LogP contribution in [0, 0.1) is 0 Å². The van der Waals surface area contributed by atoms with Gasteiger partial charge in [-0.3, -0.25) is 0 Å². The van der Waals surface area contributed by atoms with Gasteiger partial charge in [0.2, 0.25) is 0 Å². The highest BCUT2D eigenvalue weighted by molar-refractivity contribution is 7.41. The van der Waals surface area contributed by atoms with Gasteiger partial charge in [0, 0.05) is 0 Å². The molecule has 0 unspecified atom stereocenters. The number of phenolic OH excluding ortho intramolecular Hbond substituents is 1. The van der Waals surface area contributed by atoms with Gasteiger partial charge >= 0.3 is 8.60 Å². The van der Waals surface area contributed by atoms with Crippen molar-refractivity contribution in [2.75, 3.05) is 13.2 Å². The summed E-state index contributed by atoms with van der Waals surface area (Å²) in [6, 6.07) is 4.23. The van der Waals surface area contributed by atoms with Crippen LogP contribution in [-0.2, 0) is 31.0 Å². The third kappa shape index (κ3) is 29.5. The number of hydrogen-bond donors (Lipinski definition) is 1. The smallest absolute Gasteiger partial charge is 0.332 e. The molecule has 0 aromatic heterocycles. The molecule has 0 aliphatic heterocycles. The summed E-state index contributed by atoms with van der Waals surface area (Å²) < 4.78 is 19.0. The largest absolute Gasteiger partial charge is 0.507 e. The van der Waals surface area contributed by atoms with Gasteiger partial charge in [-0.2, -0.15) is 0 Å². The van der Waals surface area contributed by atoms with Crippen molar-refractivity contribution in [2.45, 2.75) is 278 Å². The molecular formula is C51H97O4P. The van der Waals surface area contributed by atoms with Crippen LogP contribution in [0.3, 0.4) is 0 Å². The molecule has 0 saturated carbocycles. The maximum atomic E-state index is 11.2. The van der Waals surface area contributed by atoms with Crippen molar-refractivity contribution in [1.29, 1.82) is 0 Å². The SMILES string of the molecule is CCCCCCCCCCCCCCCCCCOP(OCCCCCCCCCCCCCCCCCC)OCc1cc(C(C)(C)C)c(O)c(C(C)(C)C)c1. The molecule has 0 bridgehead atoms. The van der Waals surface area contributed by atoms with Crippen LogP contribution in [0.25, 0.3) is 0 Å². The van der Waals surface area contributed by atoms with E-state index in [1.807, 2.05) is 0 Å². The fraction of sp³-hybridized carbons (Fsp3) is 0.882. The van der Waals surface area contributed by atoms with E-state index >= 15 is 0 Å². The van der Waals surface area contributed by atoms with E-state index in [0.29, 0.717) is 25.6 Å². The number of hydrogen-bond acceptors (Lipinski definition) is 4. The zero-order valence-corrected chi connectivity index (χ0v) is 39.9. The van der Waals surface area contributed by atoms with Crippen LogP contribution in [0.5, 0.6) is 5.75 Å². The van der Waals surface area contributed by atoms with Gasteiger partial charge in [0.1, 0.15) is 5.75 Å². The number of aromatic hydroxyl groups is 1. The van der Waals surface area contributed by atoms with E-state index in [4.69, 9.17) is 13.6 Å². The molecule has 0 heterocycles. The topological polar surface area (TPSA) is 47.9 Å². The fourth-order valence-corrected chi connectivity index (χ4v) is 8.77. The van der Waals surface area contributed by atoms with Crippen molar-refractivity contribution in [3.8, 4) is 5.75 Å². The Bertz CT molecular complexity index is 939. The van der Waals surface area contributed by atoms with Crippen LogP contribution in [0.1, 0.15) is 278 Å². The lowest BCUT2D eigenvalue weighted by atomic mass is 9.78. The average Bonchev–Trinajstić information content (AvgIpc) is 3.15. The second-order valence-electron chi connectivity index (χ2n) is 19.3. The molecule has 0 spiro atoms. The second-order valence-corrected chi connectivity index (χ2v) is 20.5. The predicted molar refractivity (Wildman–Crippen MR) is 248 cm³/mol. The predicted octanol–water partition coefficient (Wildman–Crippen LogP) is 18.3. The van der Waals surface area contributed by atoms with Crippen molar-refractivity contribution < 1.29 is 18.7 Å². The van der Waals surface area contributed by atoms with Crippen LogP contribution in [0.15, 0.2) is 12.1 Å². The van der Waals surface area contributed by atoms with Gasteiger partial charge in [-0.1, -0.05) is 248 Å². The van der Waals surface area contributed by atoms with Gasteiger partial charge < -0.3 is 18.7 Å². The van der Waals surface area contributed by atoms with E-state index in [2.05, 4.69) is 67.5 Å². The molecule has 0 fully saturated rings. The van der Waals surface area contributed by atoms with E-state index in [-0.39, 0.29) is 10.8 Å². The third-order valence-electron chi connectivity index (χ3n) is 11.5. The number of phenols is 1. The highest BCUT2D eigenvalue weighted by Crippen LogP contribution is 2.44. The van der Waals surface area contributed by atoms with E-state index in [0.717, 1.165) is 29.5 Å². The van der Waals surface area contributed by atoms with E-state index in [1.54, 1.807) is 0 Å². The Morgan fingerprint density at radius 1 is 0.393 bits per heavy atom. The molecule has 4 nitrogen and oxygen atoms in total.